The number of para-hydroxylation sites is 1. The number of hydrogen-bond acceptors (Lipinski definition) is 2. The number of aromatic amines is 1. The molecule has 0 amide bonds. The van der Waals surface area contributed by atoms with Crippen molar-refractivity contribution in [2.45, 2.75) is 26.8 Å². The molecule has 1 aromatic heterocycles. The second-order valence-corrected chi connectivity index (χ2v) is 8.41. The van der Waals surface area contributed by atoms with E-state index in [0.29, 0.717) is 17.2 Å². The smallest absolute Gasteiger partial charge is 0.253 e. The summed E-state index contributed by atoms with van der Waals surface area (Å²) in [6, 6.07) is 16.3. The van der Waals surface area contributed by atoms with Crippen molar-refractivity contribution in [1.82, 2.24) is 9.88 Å². The van der Waals surface area contributed by atoms with Gasteiger partial charge in [0, 0.05) is 11.3 Å². The van der Waals surface area contributed by atoms with E-state index in [9.17, 15) is 4.79 Å². The maximum Gasteiger partial charge on any atom is 0.253 e. The zero-order valence-electron chi connectivity index (χ0n) is 18.2. The van der Waals surface area contributed by atoms with E-state index in [2.05, 4.69) is 48.4 Å². The van der Waals surface area contributed by atoms with Crippen molar-refractivity contribution in [3.05, 3.63) is 75.6 Å². The van der Waals surface area contributed by atoms with Crippen LogP contribution in [0.15, 0.2) is 53.3 Å². The number of likely N-dealkylation sites (N-methyl/N-ethyl adjacent to an activating group) is 1. The molecule has 0 atom stereocenters. The molecule has 0 aliphatic carbocycles. The van der Waals surface area contributed by atoms with Crippen LogP contribution in [0.1, 0.15) is 23.6 Å². The summed E-state index contributed by atoms with van der Waals surface area (Å²) < 4.78 is 0. The lowest BCUT2D eigenvalue weighted by molar-refractivity contribution is -0.857. The Bertz CT molecular complexity index is 1070. The van der Waals surface area contributed by atoms with Gasteiger partial charge in [-0.15, -0.1) is 0 Å². The SMILES string of the molecule is CCc1ccc(NC(=S)N(CC[NH+](C)C)Cc2cc3cccc(C)c3[nH]c2=O)cc1. The van der Waals surface area contributed by atoms with E-state index in [0.717, 1.165) is 41.7 Å². The molecule has 3 N–H and O–H groups in total. The quantitative estimate of drug-likeness (QED) is 0.512. The molecule has 0 aliphatic heterocycles. The minimum atomic E-state index is -0.0610. The van der Waals surface area contributed by atoms with Gasteiger partial charge < -0.3 is 20.1 Å². The van der Waals surface area contributed by atoms with Gasteiger partial charge in [0.2, 0.25) is 0 Å². The Hall–Kier alpha value is -2.70. The highest BCUT2D eigenvalue weighted by atomic mass is 32.1. The van der Waals surface area contributed by atoms with Crippen LogP contribution in [0.25, 0.3) is 10.9 Å². The van der Waals surface area contributed by atoms with Crippen molar-refractivity contribution in [1.29, 1.82) is 0 Å². The molecule has 0 saturated carbocycles. The number of nitrogens with one attached hydrogen (secondary N) is 3. The molecule has 0 fully saturated rings. The van der Waals surface area contributed by atoms with E-state index in [1.165, 1.54) is 10.5 Å². The summed E-state index contributed by atoms with van der Waals surface area (Å²) in [4.78, 5) is 19.2. The number of quaternary nitrogens is 1. The van der Waals surface area contributed by atoms with Crippen LogP contribution < -0.4 is 15.8 Å². The lowest BCUT2D eigenvalue weighted by Crippen LogP contribution is -3.06. The lowest BCUT2D eigenvalue weighted by Gasteiger charge is -2.26. The highest BCUT2D eigenvalue weighted by molar-refractivity contribution is 7.80. The van der Waals surface area contributed by atoms with Crippen LogP contribution >= 0.6 is 12.2 Å². The topological polar surface area (TPSA) is 52.6 Å². The summed E-state index contributed by atoms with van der Waals surface area (Å²) in [6.07, 6.45) is 1.01. The van der Waals surface area contributed by atoms with Crippen LogP contribution in [-0.4, -0.2) is 42.2 Å². The Morgan fingerprint density at radius 2 is 1.90 bits per heavy atom. The van der Waals surface area contributed by atoms with Crippen LogP contribution in [0.2, 0.25) is 0 Å². The second-order valence-electron chi connectivity index (χ2n) is 8.02. The monoisotopic (exact) mass is 423 g/mol. The number of benzene rings is 2. The van der Waals surface area contributed by atoms with Crippen LogP contribution in [0.4, 0.5) is 5.69 Å². The molecule has 3 rings (SSSR count). The molecule has 0 unspecified atom stereocenters. The van der Waals surface area contributed by atoms with Crippen molar-refractivity contribution in [3.8, 4) is 0 Å². The molecule has 1 heterocycles. The number of pyridine rings is 1. The fourth-order valence-electron chi connectivity index (χ4n) is 3.39. The molecule has 0 saturated heterocycles. The first-order valence-electron chi connectivity index (χ1n) is 10.4. The summed E-state index contributed by atoms with van der Waals surface area (Å²) in [5.74, 6) is 0. The van der Waals surface area contributed by atoms with Crippen LogP contribution in [-0.2, 0) is 13.0 Å². The predicted octanol–water partition coefficient (Wildman–Crippen LogP) is 2.74. The summed E-state index contributed by atoms with van der Waals surface area (Å²) in [5.41, 5.74) is 4.87. The Morgan fingerprint density at radius 1 is 1.17 bits per heavy atom. The summed E-state index contributed by atoms with van der Waals surface area (Å²) in [7, 11) is 4.23. The maximum absolute atomic E-state index is 12.8. The van der Waals surface area contributed by atoms with Crippen LogP contribution in [0, 0.1) is 6.92 Å². The Labute approximate surface area is 183 Å². The third-order valence-electron chi connectivity index (χ3n) is 5.31. The van der Waals surface area contributed by atoms with Gasteiger partial charge in [-0.05, 0) is 60.3 Å². The minimum absolute atomic E-state index is 0.0610. The van der Waals surface area contributed by atoms with E-state index in [-0.39, 0.29) is 5.56 Å². The first-order valence-corrected chi connectivity index (χ1v) is 10.8. The molecule has 0 bridgehead atoms. The minimum Gasteiger partial charge on any atom is -0.339 e. The number of thiocarbonyl (C=S) groups is 1. The van der Waals surface area contributed by atoms with Gasteiger partial charge in [-0.2, -0.15) is 0 Å². The fraction of sp³-hybridized carbons (Fsp3) is 0.333. The van der Waals surface area contributed by atoms with Crippen LogP contribution in [0.3, 0.4) is 0 Å². The number of H-pyrrole nitrogens is 1. The van der Waals surface area contributed by atoms with Crippen molar-refractivity contribution in [2.75, 3.05) is 32.5 Å². The van der Waals surface area contributed by atoms with Gasteiger partial charge in [0.15, 0.2) is 5.11 Å². The normalized spacial score (nSPS) is 11.1. The fourth-order valence-corrected chi connectivity index (χ4v) is 3.66. The third kappa shape index (κ3) is 5.46. The van der Waals surface area contributed by atoms with Gasteiger partial charge in [-0.3, -0.25) is 4.79 Å². The number of aryl methyl sites for hydroxylation is 2. The van der Waals surface area contributed by atoms with Gasteiger partial charge in [0.05, 0.1) is 39.2 Å². The molecule has 0 spiro atoms. The number of aromatic nitrogens is 1. The average molecular weight is 424 g/mol. The number of anilines is 1. The van der Waals surface area contributed by atoms with E-state index in [4.69, 9.17) is 12.2 Å². The Balaban J connectivity index is 1.84. The largest absolute Gasteiger partial charge is 0.339 e. The number of hydrogen-bond donors (Lipinski definition) is 3. The zero-order valence-corrected chi connectivity index (χ0v) is 19.0. The summed E-state index contributed by atoms with van der Waals surface area (Å²) in [5, 5.41) is 5.01. The molecule has 5 nitrogen and oxygen atoms in total. The molecular weight excluding hydrogens is 392 g/mol. The van der Waals surface area contributed by atoms with Gasteiger partial charge in [0.25, 0.3) is 5.56 Å². The molecule has 3 aromatic rings. The Kier molecular flexibility index (Phi) is 7.24. The molecule has 0 aliphatic rings. The first-order chi connectivity index (χ1) is 14.4. The standard InChI is InChI=1S/C24H30N4OS/c1-5-18-9-11-21(12-10-18)25-24(30)28(14-13-27(3)4)16-20-15-19-8-6-7-17(2)22(19)26-23(20)29/h6-12,15H,5,13-14,16H2,1-4H3,(H,25,30)(H,26,29)/p+1. The lowest BCUT2D eigenvalue weighted by atomic mass is 10.1. The predicted molar refractivity (Wildman–Crippen MR) is 129 cm³/mol. The highest BCUT2D eigenvalue weighted by Crippen LogP contribution is 2.16. The highest BCUT2D eigenvalue weighted by Gasteiger charge is 2.15. The van der Waals surface area contributed by atoms with Gasteiger partial charge >= 0.3 is 0 Å². The maximum atomic E-state index is 12.8. The first kappa shape index (κ1) is 22.0. The van der Waals surface area contributed by atoms with Crippen molar-refractivity contribution in [2.24, 2.45) is 0 Å². The third-order valence-corrected chi connectivity index (χ3v) is 5.67. The number of rotatable bonds is 7. The summed E-state index contributed by atoms with van der Waals surface area (Å²) >= 11 is 5.72. The molecule has 0 radical (unpaired) electrons. The van der Waals surface area contributed by atoms with Crippen molar-refractivity contribution < 1.29 is 4.90 Å². The van der Waals surface area contributed by atoms with E-state index < -0.39 is 0 Å². The number of nitrogens with zero attached hydrogens (tertiary/aromatic N) is 1. The molecule has 2 aromatic carbocycles. The zero-order chi connectivity index (χ0) is 21.7. The van der Waals surface area contributed by atoms with E-state index in [1.807, 2.05) is 43.3 Å². The van der Waals surface area contributed by atoms with E-state index in [1.54, 1.807) is 0 Å². The van der Waals surface area contributed by atoms with Crippen molar-refractivity contribution in [3.63, 3.8) is 0 Å². The van der Waals surface area contributed by atoms with Gasteiger partial charge in [0.1, 0.15) is 0 Å². The van der Waals surface area contributed by atoms with Crippen LogP contribution in [0.5, 0.6) is 0 Å². The Morgan fingerprint density at radius 3 is 2.57 bits per heavy atom. The molecular formula is C24H31N4OS+. The average Bonchev–Trinajstić information content (AvgIpc) is 2.72. The van der Waals surface area contributed by atoms with E-state index >= 15 is 0 Å². The molecule has 30 heavy (non-hydrogen) atoms. The molecule has 158 valence electrons. The molecule has 6 heteroatoms. The van der Waals surface area contributed by atoms with Crippen molar-refractivity contribution >= 4 is 33.9 Å². The second kappa shape index (κ2) is 9.87. The number of fused-ring (bicyclic) bond motifs is 1. The van der Waals surface area contributed by atoms with Gasteiger partial charge in [-0.25, -0.2) is 0 Å². The van der Waals surface area contributed by atoms with Gasteiger partial charge in [-0.1, -0.05) is 37.3 Å². The summed E-state index contributed by atoms with van der Waals surface area (Å²) in [6.45, 7) is 6.28.